The second-order valence-electron chi connectivity index (χ2n) is 6.41. The van der Waals surface area contributed by atoms with Crippen molar-refractivity contribution < 1.29 is 4.74 Å². The number of hydrogen-bond acceptors (Lipinski definition) is 5. The first-order chi connectivity index (χ1) is 13.8. The third kappa shape index (κ3) is 4.36. The smallest absolute Gasteiger partial charge is 0.106 e. The fourth-order valence-electron chi connectivity index (χ4n) is 3.08. The van der Waals surface area contributed by atoms with Gasteiger partial charge >= 0.3 is 0 Å². The predicted molar refractivity (Wildman–Crippen MR) is 125 cm³/mol. The molecule has 0 atom stereocenters. The third-order valence-corrected chi connectivity index (χ3v) is 9.60. The van der Waals surface area contributed by atoms with Crippen LogP contribution in [0.1, 0.15) is 4.88 Å². The Bertz CT molecular complexity index is 926. The molecular formula is C21H22N3OPS2. The summed E-state index contributed by atoms with van der Waals surface area (Å²) in [4.78, 5) is 3.47. The number of anilines is 1. The molecule has 144 valence electrons. The quantitative estimate of drug-likeness (QED) is 0.371. The summed E-state index contributed by atoms with van der Waals surface area (Å²) in [6.07, 6.45) is -0.341. The lowest BCUT2D eigenvalue weighted by atomic mass is 10.4. The summed E-state index contributed by atoms with van der Waals surface area (Å²) >= 11 is 7.87. The van der Waals surface area contributed by atoms with Gasteiger partial charge in [0.05, 0.1) is 24.4 Å². The van der Waals surface area contributed by atoms with Crippen molar-refractivity contribution in [2.45, 2.75) is 0 Å². The van der Waals surface area contributed by atoms with Gasteiger partial charge in [-0.25, -0.2) is 0 Å². The summed E-state index contributed by atoms with van der Waals surface area (Å²) in [6, 6.07) is 24.7. The van der Waals surface area contributed by atoms with Gasteiger partial charge in [-0.05, 0) is 12.1 Å². The highest BCUT2D eigenvalue weighted by Crippen LogP contribution is 2.39. The summed E-state index contributed by atoms with van der Waals surface area (Å²) < 4.78 is 5.43. The zero-order valence-corrected chi connectivity index (χ0v) is 17.9. The lowest BCUT2D eigenvalue weighted by molar-refractivity contribution is 0.123. The topological polar surface area (TPSA) is 36.9 Å². The van der Waals surface area contributed by atoms with E-state index in [0.29, 0.717) is 0 Å². The molecule has 3 aromatic rings. The fourth-order valence-corrected chi connectivity index (χ4v) is 6.82. The third-order valence-electron chi connectivity index (χ3n) is 4.57. The number of thiophene rings is 1. The molecule has 2 heterocycles. The Morgan fingerprint density at radius 2 is 1.54 bits per heavy atom. The average molecular weight is 428 g/mol. The Labute approximate surface area is 174 Å². The van der Waals surface area contributed by atoms with Crippen molar-refractivity contribution in [2.24, 2.45) is 5.10 Å². The zero-order valence-electron chi connectivity index (χ0n) is 15.4. The molecule has 0 amide bonds. The zero-order chi connectivity index (χ0) is 19.2. The standard InChI is InChI=1S/C21H22N3OPS2/c27-26(18-7-3-1-4-8-18,19-9-5-2-6-10-19)23-22-17-20-11-12-21(28-20)24-13-15-25-16-14-24/h1-12,17H,13-16H2,(H,23,27)/b22-17+. The van der Waals surface area contributed by atoms with Crippen molar-refractivity contribution in [3.05, 3.63) is 77.7 Å². The van der Waals surface area contributed by atoms with E-state index in [9.17, 15) is 0 Å². The number of benzene rings is 2. The van der Waals surface area contributed by atoms with Crippen molar-refractivity contribution in [3.63, 3.8) is 0 Å². The summed E-state index contributed by atoms with van der Waals surface area (Å²) in [5.41, 5.74) is 0. The lowest BCUT2D eigenvalue weighted by Crippen LogP contribution is -2.35. The Hall–Kier alpha value is -1.98. The molecule has 0 saturated carbocycles. The van der Waals surface area contributed by atoms with Crippen molar-refractivity contribution in [1.29, 1.82) is 0 Å². The van der Waals surface area contributed by atoms with Crippen LogP contribution in [0.15, 0.2) is 77.9 Å². The van der Waals surface area contributed by atoms with Gasteiger partial charge < -0.3 is 9.64 Å². The van der Waals surface area contributed by atoms with E-state index in [2.05, 4.69) is 51.6 Å². The molecule has 0 bridgehead atoms. The second kappa shape index (κ2) is 9.01. The van der Waals surface area contributed by atoms with Crippen LogP contribution in [-0.2, 0) is 16.5 Å². The minimum atomic E-state index is -2.22. The van der Waals surface area contributed by atoms with E-state index in [1.54, 1.807) is 11.3 Å². The minimum absolute atomic E-state index is 0.792. The largest absolute Gasteiger partial charge is 0.378 e. The molecule has 0 unspecified atom stereocenters. The fraction of sp³-hybridized carbons (Fsp3) is 0.190. The molecule has 1 aliphatic rings. The monoisotopic (exact) mass is 427 g/mol. The molecule has 4 nitrogen and oxygen atoms in total. The van der Waals surface area contributed by atoms with Crippen LogP contribution in [0.2, 0.25) is 0 Å². The Morgan fingerprint density at radius 3 is 2.14 bits per heavy atom. The van der Waals surface area contributed by atoms with E-state index in [-0.39, 0.29) is 0 Å². The van der Waals surface area contributed by atoms with Gasteiger partial charge in [0.25, 0.3) is 0 Å². The highest BCUT2D eigenvalue weighted by molar-refractivity contribution is 8.20. The number of hydrazone groups is 1. The Kier molecular flexibility index (Phi) is 6.23. The molecule has 28 heavy (non-hydrogen) atoms. The summed E-state index contributed by atoms with van der Waals surface area (Å²) in [7, 11) is 0. The van der Waals surface area contributed by atoms with E-state index in [0.717, 1.165) is 41.8 Å². The van der Waals surface area contributed by atoms with Gasteiger partial charge in [-0.2, -0.15) is 5.10 Å². The first-order valence-corrected chi connectivity index (χ1v) is 12.8. The number of ether oxygens (including phenoxy) is 1. The van der Waals surface area contributed by atoms with Gasteiger partial charge in [0.15, 0.2) is 0 Å². The van der Waals surface area contributed by atoms with Crippen molar-refractivity contribution in [3.8, 4) is 0 Å². The molecule has 0 aliphatic carbocycles. The first-order valence-electron chi connectivity index (χ1n) is 9.20. The SMILES string of the molecule is S=P(N/N=C/c1ccc(N2CCOCC2)s1)(c1ccccc1)c1ccccc1. The molecule has 0 spiro atoms. The van der Waals surface area contributed by atoms with E-state index >= 15 is 0 Å². The van der Waals surface area contributed by atoms with Crippen molar-refractivity contribution in [1.82, 2.24) is 5.20 Å². The maximum Gasteiger partial charge on any atom is 0.106 e. The normalized spacial score (nSPS) is 15.1. The van der Waals surface area contributed by atoms with Crippen LogP contribution < -0.4 is 20.7 Å². The Balaban J connectivity index is 1.54. The maximum atomic E-state index is 6.13. The van der Waals surface area contributed by atoms with Gasteiger partial charge in [0, 0.05) is 28.6 Å². The second-order valence-corrected chi connectivity index (χ2v) is 11.6. The van der Waals surface area contributed by atoms with Gasteiger partial charge in [0.1, 0.15) is 6.19 Å². The molecule has 1 fully saturated rings. The van der Waals surface area contributed by atoms with Crippen molar-refractivity contribution in [2.75, 3.05) is 31.2 Å². The minimum Gasteiger partial charge on any atom is -0.378 e. The highest BCUT2D eigenvalue weighted by atomic mass is 32.4. The molecule has 4 rings (SSSR count). The van der Waals surface area contributed by atoms with E-state index in [1.165, 1.54) is 5.00 Å². The maximum absolute atomic E-state index is 6.13. The van der Waals surface area contributed by atoms with Gasteiger partial charge in [0.2, 0.25) is 0 Å². The summed E-state index contributed by atoms with van der Waals surface area (Å²) in [6.45, 7) is 3.47. The molecule has 7 heteroatoms. The van der Waals surface area contributed by atoms with Gasteiger partial charge in [-0.3, -0.25) is 5.20 Å². The summed E-state index contributed by atoms with van der Waals surface area (Å²) in [5, 5.41) is 11.4. The molecule has 1 aromatic heterocycles. The molecule has 2 aromatic carbocycles. The highest BCUT2D eigenvalue weighted by Gasteiger charge is 2.21. The lowest BCUT2D eigenvalue weighted by Gasteiger charge is -2.27. The van der Waals surface area contributed by atoms with Crippen LogP contribution in [0.3, 0.4) is 0 Å². The Morgan fingerprint density at radius 1 is 0.929 bits per heavy atom. The average Bonchev–Trinajstić information content (AvgIpc) is 3.24. The number of rotatable bonds is 6. The first kappa shape index (κ1) is 19.3. The number of morpholine rings is 1. The number of nitrogens with zero attached hydrogens (tertiary/aromatic N) is 2. The molecule has 1 aliphatic heterocycles. The number of nitrogens with one attached hydrogen (secondary N) is 1. The van der Waals surface area contributed by atoms with Crippen LogP contribution in [0.25, 0.3) is 0 Å². The van der Waals surface area contributed by atoms with Crippen LogP contribution >= 0.6 is 17.5 Å². The van der Waals surface area contributed by atoms with Crippen molar-refractivity contribution >= 4 is 51.2 Å². The van der Waals surface area contributed by atoms with E-state index < -0.39 is 6.19 Å². The van der Waals surface area contributed by atoms with E-state index in [1.807, 2.05) is 42.6 Å². The van der Waals surface area contributed by atoms with Crippen LogP contribution in [0.4, 0.5) is 5.00 Å². The number of hydrogen-bond donors (Lipinski definition) is 1. The van der Waals surface area contributed by atoms with Crippen LogP contribution in [-0.4, -0.2) is 32.5 Å². The van der Waals surface area contributed by atoms with Gasteiger partial charge in [-0.1, -0.05) is 72.5 Å². The molecule has 1 saturated heterocycles. The molecule has 0 radical (unpaired) electrons. The van der Waals surface area contributed by atoms with Crippen LogP contribution in [0.5, 0.6) is 0 Å². The molecule has 1 N–H and O–H groups in total. The van der Waals surface area contributed by atoms with Gasteiger partial charge in [-0.15, -0.1) is 11.3 Å². The summed E-state index contributed by atoms with van der Waals surface area (Å²) in [5.74, 6) is 0. The van der Waals surface area contributed by atoms with E-state index in [4.69, 9.17) is 16.5 Å². The van der Waals surface area contributed by atoms with Crippen LogP contribution in [0, 0.1) is 0 Å². The molecular weight excluding hydrogens is 405 g/mol. The predicted octanol–water partition coefficient (Wildman–Crippen LogP) is 3.55.